The second-order valence-corrected chi connectivity index (χ2v) is 4.42. The van der Waals surface area contributed by atoms with Gasteiger partial charge >= 0.3 is 0 Å². The van der Waals surface area contributed by atoms with E-state index < -0.39 is 0 Å². The van der Waals surface area contributed by atoms with E-state index >= 15 is 0 Å². The van der Waals surface area contributed by atoms with Gasteiger partial charge < -0.3 is 5.32 Å². The number of nitrogens with zero attached hydrogens (tertiary/aromatic N) is 1. The van der Waals surface area contributed by atoms with E-state index in [1.165, 1.54) is 32.4 Å². The Bertz CT molecular complexity index is 243. The highest BCUT2D eigenvalue weighted by atomic mass is 15.3. The molecule has 0 amide bonds. The summed E-state index contributed by atoms with van der Waals surface area (Å²) in [5.41, 5.74) is 2.95. The highest BCUT2D eigenvalue weighted by Crippen LogP contribution is 2.27. The summed E-state index contributed by atoms with van der Waals surface area (Å²) >= 11 is 0. The molecule has 2 heterocycles. The first-order chi connectivity index (χ1) is 6.85. The maximum absolute atomic E-state index is 3.69. The van der Waals surface area contributed by atoms with Crippen LogP contribution in [0.4, 0.5) is 0 Å². The van der Waals surface area contributed by atoms with Crippen LogP contribution in [0.5, 0.6) is 0 Å². The Morgan fingerprint density at radius 1 is 1.71 bits per heavy atom. The quantitative estimate of drug-likeness (QED) is 0.680. The SMILES string of the molecule is C=C=CC(CCC)N1CC2CC1CN2. The van der Waals surface area contributed by atoms with E-state index in [2.05, 4.69) is 35.5 Å². The van der Waals surface area contributed by atoms with E-state index in [1.54, 1.807) is 0 Å². The molecule has 0 radical (unpaired) electrons. The van der Waals surface area contributed by atoms with Crippen LogP contribution < -0.4 is 5.32 Å². The standard InChI is InChI=1S/C12H20N2/c1-3-5-11(6-4-2)14-9-10-7-12(14)8-13-10/h5,10-13H,1,4,6-9H2,2H3. The lowest BCUT2D eigenvalue weighted by Crippen LogP contribution is -2.47. The summed E-state index contributed by atoms with van der Waals surface area (Å²) < 4.78 is 0. The van der Waals surface area contributed by atoms with Crippen LogP contribution in [0.1, 0.15) is 26.2 Å². The van der Waals surface area contributed by atoms with E-state index in [9.17, 15) is 0 Å². The van der Waals surface area contributed by atoms with Gasteiger partial charge in [0.05, 0.1) is 0 Å². The first kappa shape index (κ1) is 9.97. The average Bonchev–Trinajstić information content (AvgIpc) is 2.78. The predicted molar refractivity (Wildman–Crippen MR) is 59.3 cm³/mol. The van der Waals surface area contributed by atoms with E-state index in [0.29, 0.717) is 6.04 Å². The molecule has 78 valence electrons. The zero-order valence-corrected chi connectivity index (χ0v) is 9.00. The smallest absolute Gasteiger partial charge is 0.0356 e. The van der Waals surface area contributed by atoms with Crippen molar-refractivity contribution >= 4 is 0 Å². The maximum atomic E-state index is 3.69. The van der Waals surface area contributed by atoms with Crippen molar-refractivity contribution in [1.82, 2.24) is 10.2 Å². The fourth-order valence-corrected chi connectivity index (χ4v) is 2.78. The van der Waals surface area contributed by atoms with Crippen molar-refractivity contribution in [1.29, 1.82) is 0 Å². The normalized spacial score (nSPS) is 32.9. The Kier molecular flexibility index (Phi) is 3.07. The number of rotatable bonds is 4. The second-order valence-electron chi connectivity index (χ2n) is 4.42. The molecule has 2 rings (SSSR count). The monoisotopic (exact) mass is 192 g/mol. The summed E-state index contributed by atoms with van der Waals surface area (Å²) in [7, 11) is 0. The van der Waals surface area contributed by atoms with Crippen molar-refractivity contribution in [3.63, 3.8) is 0 Å². The number of nitrogens with one attached hydrogen (secondary N) is 1. The molecule has 0 spiro atoms. The number of piperazine rings is 1. The molecule has 2 saturated heterocycles. The van der Waals surface area contributed by atoms with Crippen LogP contribution in [-0.2, 0) is 0 Å². The van der Waals surface area contributed by atoms with Gasteiger partial charge in [0.25, 0.3) is 0 Å². The summed E-state index contributed by atoms with van der Waals surface area (Å²) in [6, 6.07) is 2.09. The molecule has 2 bridgehead atoms. The third-order valence-corrected chi connectivity index (χ3v) is 3.42. The fourth-order valence-electron chi connectivity index (χ4n) is 2.78. The maximum Gasteiger partial charge on any atom is 0.0356 e. The largest absolute Gasteiger partial charge is 0.311 e. The topological polar surface area (TPSA) is 15.3 Å². The van der Waals surface area contributed by atoms with Crippen LogP contribution in [0.25, 0.3) is 0 Å². The number of hydrogen-bond acceptors (Lipinski definition) is 2. The average molecular weight is 192 g/mol. The van der Waals surface area contributed by atoms with Crippen LogP contribution in [0.2, 0.25) is 0 Å². The van der Waals surface area contributed by atoms with Gasteiger partial charge in [-0.1, -0.05) is 19.9 Å². The minimum atomic E-state index is 0.578. The van der Waals surface area contributed by atoms with Gasteiger partial charge in [0, 0.05) is 31.2 Å². The van der Waals surface area contributed by atoms with Gasteiger partial charge in [-0.05, 0) is 18.9 Å². The third-order valence-electron chi connectivity index (χ3n) is 3.42. The number of hydrogen-bond donors (Lipinski definition) is 1. The number of fused-ring (bicyclic) bond motifs is 2. The summed E-state index contributed by atoms with van der Waals surface area (Å²) in [5.74, 6) is 0. The first-order valence-electron chi connectivity index (χ1n) is 5.70. The Morgan fingerprint density at radius 2 is 2.57 bits per heavy atom. The van der Waals surface area contributed by atoms with E-state index in [1.807, 2.05) is 0 Å². The first-order valence-corrected chi connectivity index (χ1v) is 5.70. The molecule has 0 aromatic carbocycles. The zero-order valence-electron chi connectivity index (χ0n) is 9.00. The molecular weight excluding hydrogens is 172 g/mol. The Morgan fingerprint density at radius 3 is 3.07 bits per heavy atom. The lowest BCUT2D eigenvalue weighted by molar-refractivity contribution is 0.179. The minimum absolute atomic E-state index is 0.578. The Balaban J connectivity index is 2.00. The van der Waals surface area contributed by atoms with Crippen LogP contribution >= 0.6 is 0 Å². The highest BCUT2D eigenvalue weighted by Gasteiger charge is 2.39. The lowest BCUT2D eigenvalue weighted by Gasteiger charge is -2.33. The van der Waals surface area contributed by atoms with Crippen molar-refractivity contribution in [2.75, 3.05) is 13.1 Å². The van der Waals surface area contributed by atoms with Gasteiger partial charge in [-0.15, -0.1) is 5.73 Å². The molecule has 0 aromatic rings. The van der Waals surface area contributed by atoms with Gasteiger partial charge in [0.15, 0.2) is 0 Å². The molecule has 1 N–H and O–H groups in total. The third kappa shape index (κ3) is 1.78. The summed E-state index contributed by atoms with van der Waals surface area (Å²) in [4.78, 5) is 2.63. The van der Waals surface area contributed by atoms with E-state index in [4.69, 9.17) is 0 Å². The highest BCUT2D eigenvalue weighted by molar-refractivity contribution is 5.04. The molecule has 0 aromatic heterocycles. The molecule has 2 nitrogen and oxygen atoms in total. The summed E-state index contributed by atoms with van der Waals surface area (Å²) in [6.07, 6.45) is 5.96. The molecule has 0 saturated carbocycles. The van der Waals surface area contributed by atoms with Crippen molar-refractivity contribution in [2.24, 2.45) is 0 Å². The van der Waals surface area contributed by atoms with E-state index in [-0.39, 0.29) is 0 Å². The minimum Gasteiger partial charge on any atom is -0.311 e. The molecule has 2 aliphatic heterocycles. The van der Waals surface area contributed by atoms with Gasteiger partial charge in [-0.25, -0.2) is 0 Å². The van der Waals surface area contributed by atoms with Gasteiger partial charge in [-0.2, -0.15) is 0 Å². The van der Waals surface area contributed by atoms with Crippen molar-refractivity contribution < 1.29 is 0 Å². The van der Waals surface area contributed by atoms with E-state index in [0.717, 1.165) is 12.1 Å². The van der Waals surface area contributed by atoms with Crippen LogP contribution in [0.15, 0.2) is 18.4 Å². The van der Waals surface area contributed by atoms with Crippen LogP contribution in [0.3, 0.4) is 0 Å². The summed E-state index contributed by atoms with van der Waals surface area (Å²) in [5, 5.41) is 3.53. The van der Waals surface area contributed by atoms with Gasteiger partial charge in [-0.3, -0.25) is 4.90 Å². The second kappa shape index (κ2) is 4.31. The van der Waals surface area contributed by atoms with Crippen molar-refractivity contribution in [2.45, 2.75) is 44.3 Å². The van der Waals surface area contributed by atoms with Gasteiger partial charge in [0.1, 0.15) is 0 Å². The van der Waals surface area contributed by atoms with Crippen LogP contribution in [0, 0.1) is 0 Å². The molecular formula is C12H20N2. The molecule has 2 heteroatoms. The predicted octanol–water partition coefficient (Wildman–Crippen LogP) is 1.54. The summed E-state index contributed by atoms with van der Waals surface area (Å²) in [6.45, 7) is 8.33. The molecule has 3 atom stereocenters. The lowest BCUT2D eigenvalue weighted by atomic mass is 10.1. The van der Waals surface area contributed by atoms with Crippen molar-refractivity contribution in [3.8, 4) is 0 Å². The Labute approximate surface area is 86.7 Å². The molecule has 0 aliphatic carbocycles. The van der Waals surface area contributed by atoms with Crippen molar-refractivity contribution in [3.05, 3.63) is 18.4 Å². The molecule has 14 heavy (non-hydrogen) atoms. The Hall–Kier alpha value is -0.560. The fraction of sp³-hybridized carbons (Fsp3) is 0.750. The zero-order chi connectivity index (χ0) is 9.97. The molecule has 3 unspecified atom stereocenters. The van der Waals surface area contributed by atoms with Crippen LogP contribution in [-0.4, -0.2) is 36.1 Å². The number of likely N-dealkylation sites (tertiary alicyclic amines) is 1. The van der Waals surface area contributed by atoms with Gasteiger partial charge in [0.2, 0.25) is 0 Å². The molecule has 2 fully saturated rings. The molecule has 2 aliphatic rings.